The molecule has 1 unspecified atom stereocenters. The molecular formula is C9H13NO3S2. The summed E-state index contributed by atoms with van der Waals surface area (Å²) >= 11 is 2.68. The van der Waals surface area contributed by atoms with Crippen LogP contribution < -0.4 is 0 Å². The molecule has 0 aromatic carbocycles. The minimum absolute atomic E-state index is 0.142. The molecule has 1 heterocycles. The second-order valence-electron chi connectivity index (χ2n) is 3.30. The van der Waals surface area contributed by atoms with Gasteiger partial charge in [-0.25, -0.2) is 9.78 Å². The van der Waals surface area contributed by atoms with Gasteiger partial charge in [0.05, 0.1) is 5.69 Å². The summed E-state index contributed by atoms with van der Waals surface area (Å²) in [5.41, 5.74) is 0.562. The van der Waals surface area contributed by atoms with E-state index in [9.17, 15) is 4.79 Å². The fourth-order valence-corrected chi connectivity index (χ4v) is 2.96. The van der Waals surface area contributed by atoms with Crippen molar-refractivity contribution in [3.63, 3.8) is 0 Å². The molecule has 2 N–H and O–H groups in total. The van der Waals surface area contributed by atoms with Gasteiger partial charge in [-0.15, -0.1) is 11.3 Å². The van der Waals surface area contributed by atoms with Gasteiger partial charge in [0, 0.05) is 12.4 Å². The third-order valence-electron chi connectivity index (χ3n) is 1.77. The van der Waals surface area contributed by atoms with Gasteiger partial charge in [-0.05, 0) is 12.8 Å². The second-order valence-corrected chi connectivity index (χ2v) is 5.56. The zero-order valence-electron chi connectivity index (χ0n) is 8.56. The highest BCUT2D eigenvalue weighted by Crippen LogP contribution is 2.28. The standard InChI is InChI=1S/C9H13NO3S2/c1-5(3-11)4-14-9-10-6(2)7(15-9)8(12)13/h5,11H,3-4H2,1-2H3,(H,12,13). The van der Waals surface area contributed by atoms with E-state index in [0.29, 0.717) is 10.6 Å². The molecule has 0 aliphatic carbocycles. The molecule has 0 spiro atoms. The number of aliphatic hydroxyl groups excluding tert-OH is 1. The van der Waals surface area contributed by atoms with Crippen LogP contribution in [0.15, 0.2) is 4.34 Å². The van der Waals surface area contributed by atoms with Gasteiger partial charge in [0.1, 0.15) is 4.88 Å². The topological polar surface area (TPSA) is 70.4 Å². The predicted octanol–water partition coefficient (Wildman–Crippen LogP) is 1.87. The predicted molar refractivity (Wildman–Crippen MR) is 60.8 cm³/mol. The lowest BCUT2D eigenvalue weighted by Gasteiger charge is -2.03. The van der Waals surface area contributed by atoms with Gasteiger partial charge in [-0.2, -0.15) is 0 Å². The average molecular weight is 247 g/mol. The number of aryl methyl sites for hydroxylation is 1. The maximum Gasteiger partial charge on any atom is 0.347 e. The van der Waals surface area contributed by atoms with E-state index < -0.39 is 5.97 Å². The second kappa shape index (κ2) is 5.48. The summed E-state index contributed by atoms with van der Waals surface area (Å²) in [7, 11) is 0. The van der Waals surface area contributed by atoms with Crippen molar-refractivity contribution < 1.29 is 15.0 Å². The Balaban J connectivity index is 2.63. The van der Waals surface area contributed by atoms with Crippen molar-refractivity contribution in [3.05, 3.63) is 10.6 Å². The van der Waals surface area contributed by atoms with Gasteiger partial charge in [-0.1, -0.05) is 18.7 Å². The lowest BCUT2D eigenvalue weighted by molar-refractivity contribution is 0.0701. The van der Waals surface area contributed by atoms with Crippen LogP contribution in [0.1, 0.15) is 22.3 Å². The summed E-state index contributed by atoms with van der Waals surface area (Å²) in [4.78, 5) is 15.2. The fourth-order valence-electron chi connectivity index (χ4n) is 0.898. The first-order valence-electron chi connectivity index (χ1n) is 4.49. The Morgan fingerprint density at radius 2 is 2.33 bits per heavy atom. The Hall–Kier alpha value is -0.590. The van der Waals surface area contributed by atoms with Crippen molar-refractivity contribution >= 4 is 29.1 Å². The van der Waals surface area contributed by atoms with Crippen LogP contribution in [0.25, 0.3) is 0 Å². The Morgan fingerprint density at radius 3 is 2.80 bits per heavy atom. The molecule has 1 aromatic rings. The first kappa shape index (κ1) is 12.5. The quantitative estimate of drug-likeness (QED) is 0.777. The summed E-state index contributed by atoms with van der Waals surface area (Å²) in [5.74, 6) is 0.0298. The van der Waals surface area contributed by atoms with Crippen LogP contribution in [0.3, 0.4) is 0 Å². The molecule has 0 aliphatic heterocycles. The van der Waals surface area contributed by atoms with Gasteiger partial charge in [-0.3, -0.25) is 0 Å². The lowest BCUT2D eigenvalue weighted by atomic mass is 10.2. The molecule has 0 saturated heterocycles. The highest BCUT2D eigenvalue weighted by molar-refractivity contribution is 8.01. The van der Waals surface area contributed by atoms with E-state index in [-0.39, 0.29) is 12.5 Å². The maximum absolute atomic E-state index is 10.8. The average Bonchev–Trinajstić information content (AvgIpc) is 2.56. The first-order chi connectivity index (χ1) is 7.04. The van der Waals surface area contributed by atoms with Gasteiger partial charge in [0.25, 0.3) is 0 Å². The summed E-state index contributed by atoms with van der Waals surface area (Å²) in [6.45, 7) is 3.77. The van der Waals surface area contributed by atoms with E-state index in [4.69, 9.17) is 10.2 Å². The van der Waals surface area contributed by atoms with Gasteiger partial charge < -0.3 is 10.2 Å². The molecule has 0 aliphatic rings. The van der Waals surface area contributed by atoms with Crippen LogP contribution in [0.4, 0.5) is 0 Å². The number of nitrogens with zero attached hydrogens (tertiary/aromatic N) is 1. The fraction of sp³-hybridized carbons (Fsp3) is 0.556. The number of aliphatic hydroxyl groups is 1. The minimum atomic E-state index is -0.924. The molecule has 15 heavy (non-hydrogen) atoms. The minimum Gasteiger partial charge on any atom is -0.477 e. The smallest absolute Gasteiger partial charge is 0.347 e. The van der Waals surface area contributed by atoms with Crippen molar-refractivity contribution in [2.24, 2.45) is 5.92 Å². The van der Waals surface area contributed by atoms with Crippen LogP contribution in [0.5, 0.6) is 0 Å². The van der Waals surface area contributed by atoms with Crippen LogP contribution in [-0.2, 0) is 0 Å². The van der Waals surface area contributed by atoms with E-state index in [2.05, 4.69) is 4.98 Å². The molecule has 1 aromatic heterocycles. The van der Waals surface area contributed by atoms with Crippen LogP contribution >= 0.6 is 23.1 Å². The van der Waals surface area contributed by atoms with Crippen molar-refractivity contribution in [1.82, 2.24) is 4.98 Å². The maximum atomic E-state index is 10.8. The number of rotatable bonds is 5. The van der Waals surface area contributed by atoms with Crippen molar-refractivity contribution in [2.75, 3.05) is 12.4 Å². The molecule has 0 bridgehead atoms. The number of thioether (sulfide) groups is 1. The van der Waals surface area contributed by atoms with E-state index in [1.54, 1.807) is 6.92 Å². The molecular weight excluding hydrogens is 234 g/mol. The zero-order valence-corrected chi connectivity index (χ0v) is 10.2. The summed E-state index contributed by atoms with van der Waals surface area (Å²) < 4.78 is 0.755. The van der Waals surface area contributed by atoms with Crippen LogP contribution in [0.2, 0.25) is 0 Å². The Bertz CT molecular complexity index is 351. The molecule has 1 rings (SSSR count). The van der Waals surface area contributed by atoms with Gasteiger partial charge in [0.2, 0.25) is 0 Å². The Morgan fingerprint density at radius 1 is 1.67 bits per heavy atom. The number of aromatic nitrogens is 1. The number of aromatic carboxylic acids is 1. The normalized spacial score (nSPS) is 12.7. The van der Waals surface area contributed by atoms with E-state index in [1.807, 2.05) is 6.92 Å². The van der Waals surface area contributed by atoms with E-state index >= 15 is 0 Å². The van der Waals surface area contributed by atoms with Gasteiger partial charge in [0.15, 0.2) is 4.34 Å². The Labute approximate surface area is 96.4 Å². The number of carboxylic acid groups (broad SMARTS) is 1. The highest BCUT2D eigenvalue weighted by atomic mass is 32.2. The van der Waals surface area contributed by atoms with Crippen molar-refractivity contribution in [2.45, 2.75) is 18.2 Å². The number of carbonyl (C=O) groups is 1. The third-order valence-corrected chi connectivity index (χ3v) is 4.39. The number of hydrogen-bond donors (Lipinski definition) is 2. The number of thiazole rings is 1. The summed E-state index contributed by atoms with van der Waals surface area (Å²) in [6, 6.07) is 0. The summed E-state index contributed by atoms with van der Waals surface area (Å²) in [5, 5.41) is 17.7. The Kier molecular flexibility index (Phi) is 4.56. The SMILES string of the molecule is Cc1nc(SCC(C)CO)sc1C(=O)O. The molecule has 0 saturated carbocycles. The number of hydrogen-bond acceptors (Lipinski definition) is 5. The number of carboxylic acids is 1. The van der Waals surface area contributed by atoms with Crippen LogP contribution in [-0.4, -0.2) is 33.5 Å². The van der Waals surface area contributed by atoms with Crippen molar-refractivity contribution in [1.29, 1.82) is 0 Å². The van der Waals surface area contributed by atoms with Crippen molar-refractivity contribution in [3.8, 4) is 0 Å². The molecule has 84 valence electrons. The molecule has 0 amide bonds. The summed E-state index contributed by atoms with van der Waals surface area (Å²) in [6.07, 6.45) is 0. The lowest BCUT2D eigenvalue weighted by Crippen LogP contribution is -2.02. The molecule has 1 atom stereocenters. The first-order valence-corrected chi connectivity index (χ1v) is 6.29. The molecule has 0 radical (unpaired) electrons. The highest BCUT2D eigenvalue weighted by Gasteiger charge is 2.14. The largest absolute Gasteiger partial charge is 0.477 e. The van der Waals surface area contributed by atoms with E-state index in [1.165, 1.54) is 23.1 Å². The van der Waals surface area contributed by atoms with Gasteiger partial charge >= 0.3 is 5.97 Å². The third kappa shape index (κ3) is 3.48. The zero-order chi connectivity index (χ0) is 11.4. The van der Waals surface area contributed by atoms with Crippen LogP contribution in [0, 0.1) is 12.8 Å². The molecule has 6 heteroatoms. The molecule has 4 nitrogen and oxygen atoms in total. The monoisotopic (exact) mass is 247 g/mol. The van der Waals surface area contributed by atoms with E-state index in [0.717, 1.165) is 10.1 Å². The molecule has 0 fully saturated rings.